The number of ether oxygens (including phenoxy) is 3. The molecule has 3 N–H and O–H groups in total. The van der Waals surface area contributed by atoms with Crippen LogP contribution in [0.5, 0.6) is 0 Å². The molecule has 1 unspecified atom stereocenters. The molecular weight excluding hydrogens is 484 g/mol. The van der Waals surface area contributed by atoms with E-state index in [1.165, 1.54) is 0 Å². The predicted molar refractivity (Wildman–Crippen MR) is 132 cm³/mol. The van der Waals surface area contributed by atoms with E-state index in [1.807, 2.05) is 0 Å². The summed E-state index contributed by atoms with van der Waals surface area (Å²) in [6.45, 7) is 7.80. The molecule has 1 aromatic carbocycles. The van der Waals surface area contributed by atoms with Crippen LogP contribution in [0.4, 0.5) is 10.5 Å². The third kappa shape index (κ3) is 7.73. The normalized spacial score (nSPS) is 17.5. The molecule has 2 aliphatic rings. The second-order valence-electron chi connectivity index (χ2n) is 9.61. The summed E-state index contributed by atoms with van der Waals surface area (Å²) in [4.78, 5) is 62.0. The summed E-state index contributed by atoms with van der Waals surface area (Å²) in [5, 5.41) is 7.92. The van der Waals surface area contributed by atoms with Crippen molar-refractivity contribution >= 4 is 35.4 Å². The SMILES string of the molecule is CC(C)(C)OC(=O)NCCOCCCOCCNc1cccc2c1C(=O)N(C1CCC(=O)NC1=O)C2=O. The molecule has 2 heterocycles. The van der Waals surface area contributed by atoms with Crippen LogP contribution in [-0.4, -0.2) is 85.8 Å². The lowest BCUT2D eigenvalue weighted by Crippen LogP contribution is -2.54. The summed E-state index contributed by atoms with van der Waals surface area (Å²) >= 11 is 0. The molecule has 202 valence electrons. The number of nitrogens with one attached hydrogen (secondary N) is 3. The van der Waals surface area contributed by atoms with E-state index in [9.17, 15) is 24.0 Å². The van der Waals surface area contributed by atoms with E-state index < -0.39 is 41.4 Å². The number of carbonyl (C=O) groups is 5. The number of nitrogens with zero attached hydrogens (tertiary/aromatic N) is 1. The van der Waals surface area contributed by atoms with Crippen molar-refractivity contribution in [1.82, 2.24) is 15.5 Å². The Morgan fingerprint density at radius 3 is 2.41 bits per heavy atom. The van der Waals surface area contributed by atoms with Gasteiger partial charge < -0.3 is 24.8 Å². The highest BCUT2D eigenvalue weighted by molar-refractivity contribution is 6.25. The number of piperidine rings is 1. The molecule has 0 spiro atoms. The quantitative estimate of drug-likeness (QED) is 0.276. The zero-order chi connectivity index (χ0) is 27.0. The van der Waals surface area contributed by atoms with Crippen LogP contribution in [0.1, 0.15) is 60.7 Å². The van der Waals surface area contributed by atoms with Gasteiger partial charge in [0, 0.05) is 38.4 Å². The van der Waals surface area contributed by atoms with Crippen LogP contribution in [-0.2, 0) is 23.8 Å². The lowest BCUT2D eigenvalue weighted by atomic mass is 10.0. The summed E-state index contributed by atoms with van der Waals surface area (Å²) in [7, 11) is 0. The first-order chi connectivity index (χ1) is 17.6. The van der Waals surface area contributed by atoms with Gasteiger partial charge in [-0.25, -0.2) is 4.79 Å². The summed E-state index contributed by atoms with van der Waals surface area (Å²) < 4.78 is 16.2. The van der Waals surface area contributed by atoms with Gasteiger partial charge in [-0.1, -0.05) is 6.07 Å². The van der Waals surface area contributed by atoms with Crippen LogP contribution < -0.4 is 16.0 Å². The lowest BCUT2D eigenvalue weighted by Gasteiger charge is -2.27. The standard InChI is InChI=1S/C25H34N4O8/c1-25(2,3)37-24(34)27-11-15-36-13-5-12-35-14-10-26-17-7-4-6-16-20(17)23(33)29(22(16)32)18-8-9-19(30)28-21(18)31/h4,6-7,18,26H,5,8-15H2,1-3H3,(H,27,34)(H,28,30,31). The van der Waals surface area contributed by atoms with E-state index in [0.29, 0.717) is 51.6 Å². The van der Waals surface area contributed by atoms with Crippen molar-refractivity contribution in [1.29, 1.82) is 0 Å². The maximum atomic E-state index is 13.1. The molecule has 1 atom stereocenters. The summed E-state index contributed by atoms with van der Waals surface area (Å²) in [5.74, 6) is -2.16. The highest BCUT2D eigenvalue weighted by Crippen LogP contribution is 2.32. The van der Waals surface area contributed by atoms with E-state index >= 15 is 0 Å². The van der Waals surface area contributed by atoms with E-state index in [1.54, 1.807) is 39.0 Å². The van der Waals surface area contributed by atoms with E-state index in [4.69, 9.17) is 14.2 Å². The van der Waals surface area contributed by atoms with Gasteiger partial charge in [-0.3, -0.25) is 29.4 Å². The fraction of sp³-hybridized carbons (Fsp3) is 0.560. The number of rotatable bonds is 12. The molecule has 12 nitrogen and oxygen atoms in total. The Kier molecular flexibility index (Phi) is 9.59. The molecule has 0 aliphatic carbocycles. The van der Waals surface area contributed by atoms with Crippen molar-refractivity contribution in [2.24, 2.45) is 0 Å². The average Bonchev–Trinajstić information content (AvgIpc) is 3.07. The zero-order valence-corrected chi connectivity index (χ0v) is 21.4. The number of amides is 5. The Morgan fingerprint density at radius 1 is 1.03 bits per heavy atom. The van der Waals surface area contributed by atoms with Crippen molar-refractivity contribution in [3.63, 3.8) is 0 Å². The first-order valence-corrected chi connectivity index (χ1v) is 12.3. The Balaban J connectivity index is 1.34. The highest BCUT2D eigenvalue weighted by Gasteiger charge is 2.45. The Morgan fingerprint density at radius 2 is 1.73 bits per heavy atom. The molecule has 0 radical (unpaired) electrons. The molecular formula is C25H34N4O8. The van der Waals surface area contributed by atoms with E-state index in [0.717, 1.165) is 4.90 Å². The van der Waals surface area contributed by atoms with Gasteiger partial charge in [0.05, 0.1) is 24.3 Å². The first kappa shape index (κ1) is 28.1. The van der Waals surface area contributed by atoms with Gasteiger partial charge in [-0.2, -0.15) is 0 Å². The number of anilines is 1. The maximum Gasteiger partial charge on any atom is 0.407 e. The summed E-state index contributed by atoms with van der Waals surface area (Å²) in [5.41, 5.74) is 0.375. The van der Waals surface area contributed by atoms with Gasteiger partial charge in [0.15, 0.2) is 0 Å². The number of benzene rings is 1. The van der Waals surface area contributed by atoms with Crippen LogP contribution in [0.2, 0.25) is 0 Å². The summed E-state index contributed by atoms with van der Waals surface area (Å²) in [6, 6.07) is 3.90. The molecule has 0 bridgehead atoms. The van der Waals surface area contributed by atoms with Crippen LogP contribution in [0.25, 0.3) is 0 Å². The second kappa shape index (κ2) is 12.6. The Labute approximate surface area is 215 Å². The molecule has 12 heteroatoms. The summed E-state index contributed by atoms with van der Waals surface area (Å²) in [6.07, 6.45) is 0.364. The van der Waals surface area contributed by atoms with Gasteiger partial charge in [-0.15, -0.1) is 0 Å². The minimum absolute atomic E-state index is 0.0697. The minimum Gasteiger partial charge on any atom is -0.444 e. The fourth-order valence-corrected chi connectivity index (χ4v) is 3.93. The molecule has 1 saturated heterocycles. The Hall–Kier alpha value is -3.51. The van der Waals surface area contributed by atoms with Crippen LogP contribution in [0, 0.1) is 0 Å². The van der Waals surface area contributed by atoms with Gasteiger partial charge in [-0.05, 0) is 45.7 Å². The van der Waals surface area contributed by atoms with E-state index in [-0.39, 0.29) is 24.0 Å². The first-order valence-electron chi connectivity index (χ1n) is 12.3. The van der Waals surface area contributed by atoms with E-state index in [2.05, 4.69) is 16.0 Å². The zero-order valence-electron chi connectivity index (χ0n) is 21.4. The number of carbonyl (C=O) groups excluding carboxylic acids is 5. The second-order valence-corrected chi connectivity index (χ2v) is 9.61. The monoisotopic (exact) mass is 518 g/mol. The number of imide groups is 2. The highest BCUT2D eigenvalue weighted by atomic mass is 16.6. The number of hydrogen-bond donors (Lipinski definition) is 3. The maximum absolute atomic E-state index is 13.1. The van der Waals surface area contributed by atoms with Crippen LogP contribution in [0.3, 0.4) is 0 Å². The lowest BCUT2D eigenvalue weighted by molar-refractivity contribution is -0.136. The molecule has 5 amide bonds. The molecule has 1 fully saturated rings. The molecule has 37 heavy (non-hydrogen) atoms. The van der Waals surface area contributed by atoms with Crippen molar-refractivity contribution < 1.29 is 38.2 Å². The molecule has 0 aromatic heterocycles. The molecule has 0 saturated carbocycles. The average molecular weight is 519 g/mol. The predicted octanol–water partition coefficient (Wildman–Crippen LogP) is 1.45. The molecule has 2 aliphatic heterocycles. The van der Waals surface area contributed by atoms with Crippen molar-refractivity contribution in [2.45, 2.75) is 51.7 Å². The fourth-order valence-electron chi connectivity index (χ4n) is 3.93. The Bertz CT molecular complexity index is 1040. The third-order valence-electron chi connectivity index (χ3n) is 5.52. The van der Waals surface area contributed by atoms with Crippen molar-refractivity contribution in [2.75, 3.05) is 44.8 Å². The molecule has 3 rings (SSSR count). The van der Waals surface area contributed by atoms with Crippen molar-refractivity contribution in [3.05, 3.63) is 29.3 Å². The van der Waals surface area contributed by atoms with Crippen LogP contribution >= 0.6 is 0 Å². The van der Waals surface area contributed by atoms with Crippen molar-refractivity contribution in [3.8, 4) is 0 Å². The molecule has 1 aromatic rings. The van der Waals surface area contributed by atoms with Gasteiger partial charge >= 0.3 is 6.09 Å². The van der Waals surface area contributed by atoms with Gasteiger partial charge in [0.25, 0.3) is 11.8 Å². The third-order valence-corrected chi connectivity index (χ3v) is 5.52. The number of fused-ring (bicyclic) bond motifs is 1. The largest absolute Gasteiger partial charge is 0.444 e. The minimum atomic E-state index is -1.00. The number of alkyl carbamates (subject to hydrolysis) is 1. The van der Waals surface area contributed by atoms with Gasteiger partial charge in [0.2, 0.25) is 11.8 Å². The smallest absolute Gasteiger partial charge is 0.407 e. The topological polar surface area (TPSA) is 152 Å². The van der Waals surface area contributed by atoms with Gasteiger partial charge in [0.1, 0.15) is 11.6 Å². The van der Waals surface area contributed by atoms with Crippen LogP contribution in [0.15, 0.2) is 18.2 Å². The number of hydrogen-bond acceptors (Lipinski definition) is 9.